The smallest absolute Gasteiger partial charge is 0.306 e. The minimum atomic E-state index is -0.702. The Bertz CT molecular complexity index is 487. The maximum absolute atomic E-state index is 11.1. The number of carboxylic acids is 1. The third kappa shape index (κ3) is 4.08. The molecule has 0 aromatic heterocycles. The molecular formula is C16H20O4. The van der Waals surface area contributed by atoms with E-state index in [1.54, 1.807) is 6.92 Å². The molecule has 0 bridgehead atoms. The Morgan fingerprint density at radius 1 is 1.25 bits per heavy atom. The van der Waals surface area contributed by atoms with Gasteiger partial charge in [0, 0.05) is 6.42 Å². The number of aliphatic carboxylic acids is 1. The molecule has 1 aromatic carbocycles. The number of hydrogen-bond donors (Lipinski definition) is 1. The van der Waals surface area contributed by atoms with E-state index in [4.69, 9.17) is 9.84 Å². The van der Waals surface area contributed by atoms with E-state index in [1.165, 1.54) is 0 Å². The van der Waals surface area contributed by atoms with Gasteiger partial charge in [0.15, 0.2) is 0 Å². The van der Waals surface area contributed by atoms with E-state index in [-0.39, 0.29) is 17.8 Å². The monoisotopic (exact) mass is 276 g/mol. The maximum Gasteiger partial charge on any atom is 0.306 e. The van der Waals surface area contributed by atoms with Crippen LogP contribution in [0, 0.1) is 5.92 Å². The SMILES string of the molecule is CC(=O)Cc1cccc(O[C@H]2CC[C@H](C(=O)O)CC2)c1. The molecule has 20 heavy (non-hydrogen) atoms. The first-order chi connectivity index (χ1) is 9.54. The second-order valence-corrected chi connectivity index (χ2v) is 5.46. The van der Waals surface area contributed by atoms with Gasteiger partial charge in [-0.25, -0.2) is 0 Å². The Labute approximate surface area is 118 Å². The van der Waals surface area contributed by atoms with Crippen LogP contribution in [-0.4, -0.2) is 23.0 Å². The van der Waals surface area contributed by atoms with Crippen LogP contribution in [-0.2, 0) is 16.0 Å². The molecule has 1 N–H and O–H groups in total. The van der Waals surface area contributed by atoms with Crippen LogP contribution in [0.3, 0.4) is 0 Å². The van der Waals surface area contributed by atoms with Crippen LogP contribution < -0.4 is 4.74 Å². The molecular weight excluding hydrogens is 256 g/mol. The van der Waals surface area contributed by atoms with Gasteiger partial charge in [-0.3, -0.25) is 9.59 Å². The van der Waals surface area contributed by atoms with Crippen molar-refractivity contribution in [2.75, 3.05) is 0 Å². The Hall–Kier alpha value is -1.84. The largest absolute Gasteiger partial charge is 0.490 e. The Balaban J connectivity index is 1.91. The fraction of sp³-hybridized carbons (Fsp3) is 0.500. The normalized spacial score (nSPS) is 22.2. The summed E-state index contributed by atoms with van der Waals surface area (Å²) in [5, 5.41) is 8.96. The molecule has 1 saturated carbocycles. The second kappa shape index (κ2) is 6.55. The highest BCUT2D eigenvalue weighted by atomic mass is 16.5. The van der Waals surface area contributed by atoms with Crippen molar-refractivity contribution in [1.82, 2.24) is 0 Å². The van der Waals surface area contributed by atoms with E-state index < -0.39 is 5.97 Å². The van der Waals surface area contributed by atoms with E-state index in [2.05, 4.69) is 0 Å². The zero-order valence-electron chi connectivity index (χ0n) is 11.7. The Morgan fingerprint density at radius 3 is 2.55 bits per heavy atom. The topological polar surface area (TPSA) is 63.6 Å². The zero-order valence-corrected chi connectivity index (χ0v) is 11.7. The van der Waals surface area contributed by atoms with E-state index in [0.29, 0.717) is 19.3 Å². The van der Waals surface area contributed by atoms with Gasteiger partial charge in [0.25, 0.3) is 0 Å². The van der Waals surface area contributed by atoms with Crippen LogP contribution in [0.4, 0.5) is 0 Å². The molecule has 0 amide bonds. The molecule has 2 rings (SSSR count). The number of Topliss-reactive ketones (excluding diaryl/α,β-unsaturated/α-hetero) is 1. The summed E-state index contributed by atoms with van der Waals surface area (Å²) >= 11 is 0. The van der Waals surface area contributed by atoms with Gasteiger partial charge >= 0.3 is 5.97 Å². The first-order valence-electron chi connectivity index (χ1n) is 7.02. The first-order valence-corrected chi connectivity index (χ1v) is 7.02. The molecule has 4 nitrogen and oxygen atoms in total. The van der Waals surface area contributed by atoms with Crippen molar-refractivity contribution in [2.24, 2.45) is 5.92 Å². The Morgan fingerprint density at radius 2 is 1.95 bits per heavy atom. The summed E-state index contributed by atoms with van der Waals surface area (Å²) in [5.41, 5.74) is 0.953. The first kappa shape index (κ1) is 14.6. The molecule has 1 aliphatic carbocycles. The molecule has 1 fully saturated rings. The average Bonchev–Trinajstić information content (AvgIpc) is 2.39. The highest BCUT2D eigenvalue weighted by molar-refractivity contribution is 5.78. The summed E-state index contributed by atoms with van der Waals surface area (Å²) in [4.78, 5) is 22.0. The molecule has 0 atom stereocenters. The zero-order chi connectivity index (χ0) is 14.5. The van der Waals surface area contributed by atoms with Gasteiger partial charge in [-0.05, 0) is 50.3 Å². The molecule has 108 valence electrons. The van der Waals surface area contributed by atoms with Crippen molar-refractivity contribution in [1.29, 1.82) is 0 Å². The fourth-order valence-corrected chi connectivity index (χ4v) is 2.64. The van der Waals surface area contributed by atoms with Crippen LogP contribution in [0.25, 0.3) is 0 Å². The van der Waals surface area contributed by atoms with Crippen molar-refractivity contribution in [3.8, 4) is 5.75 Å². The second-order valence-electron chi connectivity index (χ2n) is 5.46. The van der Waals surface area contributed by atoms with E-state index in [0.717, 1.165) is 24.2 Å². The molecule has 0 spiro atoms. The molecule has 1 aromatic rings. The molecule has 0 saturated heterocycles. The summed E-state index contributed by atoms with van der Waals surface area (Å²) < 4.78 is 5.90. The predicted octanol–water partition coefficient (Wildman–Crippen LogP) is 2.84. The molecule has 0 heterocycles. The van der Waals surface area contributed by atoms with E-state index in [9.17, 15) is 9.59 Å². The van der Waals surface area contributed by atoms with Crippen molar-refractivity contribution in [2.45, 2.75) is 45.1 Å². The highest BCUT2D eigenvalue weighted by Crippen LogP contribution is 2.28. The number of rotatable bonds is 5. The number of carbonyl (C=O) groups is 2. The van der Waals surface area contributed by atoms with Gasteiger partial charge in [-0.1, -0.05) is 12.1 Å². The molecule has 0 unspecified atom stereocenters. The summed E-state index contributed by atoms with van der Waals surface area (Å²) in [6, 6.07) is 7.57. The van der Waals surface area contributed by atoms with Crippen LogP contribution in [0.2, 0.25) is 0 Å². The van der Waals surface area contributed by atoms with Crippen LogP contribution in [0.5, 0.6) is 5.75 Å². The quantitative estimate of drug-likeness (QED) is 0.898. The van der Waals surface area contributed by atoms with E-state index in [1.807, 2.05) is 24.3 Å². The lowest BCUT2D eigenvalue weighted by Crippen LogP contribution is -2.27. The standard InChI is InChI=1S/C16H20O4/c1-11(17)9-12-3-2-4-15(10-12)20-14-7-5-13(6-8-14)16(18)19/h2-4,10,13-14H,5-9H2,1H3,(H,18,19)/t13-,14-. The lowest BCUT2D eigenvalue weighted by atomic mass is 9.87. The van der Waals surface area contributed by atoms with Crippen molar-refractivity contribution >= 4 is 11.8 Å². The van der Waals surface area contributed by atoms with Gasteiger partial charge < -0.3 is 9.84 Å². The third-order valence-corrected chi connectivity index (χ3v) is 3.68. The number of ether oxygens (including phenoxy) is 1. The molecule has 1 aliphatic rings. The highest BCUT2D eigenvalue weighted by Gasteiger charge is 2.26. The minimum absolute atomic E-state index is 0.0816. The average molecular weight is 276 g/mol. The maximum atomic E-state index is 11.1. The predicted molar refractivity (Wildman–Crippen MR) is 74.8 cm³/mol. The lowest BCUT2D eigenvalue weighted by molar-refractivity contribution is -0.143. The van der Waals surface area contributed by atoms with Crippen LogP contribution >= 0.6 is 0 Å². The minimum Gasteiger partial charge on any atom is -0.490 e. The fourth-order valence-electron chi connectivity index (χ4n) is 2.64. The van der Waals surface area contributed by atoms with Gasteiger partial charge in [-0.15, -0.1) is 0 Å². The number of carboxylic acid groups (broad SMARTS) is 1. The lowest BCUT2D eigenvalue weighted by Gasteiger charge is -2.26. The number of ketones is 1. The summed E-state index contributed by atoms with van der Waals surface area (Å²) in [5.74, 6) is -0.0301. The third-order valence-electron chi connectivity index (χ3n) is 3.68. The van der Waals surface area contributed by atoms with Gasteiger partial charge in [0.1, 0.15) is 11.5 Å². The van der Waals surface area contributed by atoms with Gasteiger partial charge in [-0.2, -0.15) is 0 Å². The van der Waals surface area contributed by atoms with E-state index >= 15 is 0 Å². The molecule has 0 aliphatic heterocycles. The number of hydrogen-bond acceptors (Lipinski definition) is 3. The summed E-state index contributed by atoms with van der Waals surface area (Å²) in [7, 11) is 0. The van der Waals surface area contributed by atoms with Crippen LogP contribution in [0.1, 0.15) is 38.2 Å². The number of carbonyl (C=O) groups excluding carboxylic acids is 1. The molecule has 0 radical (unpaired) electrons. The van der Waals surface area contributed by atoms with Gasteiger partial charge in [0.2, 0.25) is 0 Å². The van der Waals surface area contributed by atoms with Crippen molar-refractivity contribution in [3.05, 3.63) is 29.8 Å². The van der Waals surface area contributed by atoms with Crippen LogP contribution in [0.15, 0.2) is 24.3 Å². The Kier molecular flexibility index (Phi) is 4.77. The number of benzene rings is 1. The van der Waals surface area contributed by atoms with Crippen molar-refractivity contribution < 1.29 is 19.4 Å². The summed E-state index contributed by atoms with van der Waals surface area (Å²) in [6.45, 7) is 1.57. The van der Waals surface area contributed by atoms with Gasteiger partial charge in [0.05, 0.1) is 12.0 Å². The molecule has 4 heteroatoms. The van der Waals surface area contributed by atoms with Crippen molar-refractivity contribution in [3.63, 3.8) is 0 Å². The summed E-state index contributed by atoms with van der Waals surface area (Å²) in [6.07, 6.45) is 3.39.